The van der Waals surface area contributed by atoms with Crippen molar-refractivity contribution in [2.24, 2.45) is 0 Å². The molecule has 0 aromatic rings. The van der Waals surface area contributed by atoms with E-state index in [0.717, 1.165) is 6.42 Å². The lowest BCUT2D eigenvalue weighted by atomic mass is 10.4. The monoisotopic (exact) mass is 181 g/mol. The van der Waals surface area contributed by atoms with Crippen LogP contribution in [0.3, 0.4) is 0 Å². The number of allylic oxidation sites excluding steroid dienone is 1. The molecule has 0 aromatic heterocycles. The maximum absolute atomic E-state index is 12.2. The molecule has 3 heteroatoms. The van der Waals surface area contributed by atoms with Crippen molar-refractivity contribution in [2.45, 2.75) is 13.3 Å². The van der Waals surface area contributed by atoms with Crippen molar-refractivity contribution >= 4 is 16.1 Å². The Balaban J connectivity index is 3.29. The minimum atomic E-state index is -0.121. The molecule has 0 saturated heterocycles. The summed E-state index contributed by atoms with van der Waals surface area (Å²) < 4.78 is 14.7. The zero-order chi connectivity index (χ0) is 6.41. The normalized spacial score (nSPS) is 12.1. The molecular formula is C5H9BrFN. The third-order valence-electron chi connectivity index (χ3n) is 0.661. The van der Waals surface area contributed by atoms with E-state index in [0.29, 0.717) is 0 Å². The summed E-state index contributed by atoms with van der Waals surface area (Å²) >= 11 is 2.89. The Morgan fingerprint density at radius 2 is 2.50 bits per heavy atom. The van der Waals surface area contributed by atoms with Gasteiger partial charge in [0.2, 0.25) is 0 Å². The Morgan fingerprint density at radius 3 is 2.88 bits per heavy atom. The Hall–Kier alpha value is 0.110. The molecule has 0 rings (SSSR count). The smallest absolute Gasteiger partial charge is 0.111 e. The molecular weight excluding hydrogens is 173 g/mol. The van der Waals surface area contributed by atoms with Crippen LogP contribution < -0.4 is 4.34 Å². The van der Waals surface area contributed by atoms with Crippen LogP contribution in [0.25, 0.3) is 0 Å². The molecule has 8 heavy (non-hydrogen) atoms. The van der Waals surface area contributed by atoms with Crippen molar-refractivity contribution in [3.63, 3.8) is 0 Å². The lowest BCUT2D eigenvalue weighted by Gasteiger charge is -1.89. The molecule has 0 aliphatic heterocycles. The lowest BCUT2D eigenvalue weighted by molar-refractivity contribution is 0.606. The van der Waals surface area contributed by atoms with Gasteiger partial charge >= 0.3 is 0 Å². The zero-order valence-corrected chi connectivity index (χ0v) is 6.33. The molecule has 0 spiro atoms. The molecule has 0 heterocycles. The van der Waals surface area contributed by atoms with E-state index in [1.165, 1.54) is 6.08 Å². The third kappa shape index (κ3) is 4.27. The minimum Gasteiger partial charge on any atom is -0.249 e. The molecule has 0 amide bonds. The summed E-state index contributed by atoms with van der Waals surface area (Å²) in [6.07, 6.45) is 2.29. The van der Waals surface area contributed by atoms with Crippen molar-refractivity contribution in [1.82, 2.24) is 4.34 Å². The van der Waals surface area contributed by atoms with Crippen LogP contribution >= 0.6 is 16.1 Å². The molecule has 1 N–H and O–H groups in total. The fraction of sp³-hybridized carbons (Fsp3) is 0.600. The summed E-state index contributed by atoms with van der Waals surface area (Å²) in [5.41, 5.74) is 0. The third-order valence-corrected chi connectivity index (χ3v) is 0.942. The SMILES string of the molecule is CC/C=C(/F)CNBr. The molecule has 0 atom stereocenters. The van der Waals surface area contributed by atoms with Gasteiger partial charge in [-0.15, -0.1) is 0 Å². The second kappa shape index (κ2) is 5.25. The highest BCUT2D eigenvalue weighted by atomic mass is 79.9. The van der Waals surface area contributed by atoms with Crippen LogP contribution in [0, 0.1) is 0 Å². The van der Waals surface area contributed by atoms with Gasteiger partial charge in [-0.1, -0.05) is 13.0 Å². The second-order valence-electron chi connectivity index (χ2n) is 1.37. The van der Waals surface area contributed by atoms with Crippen molar-refractivity contribution < 1.29 is 4.39 Å². The number of hydrogen-bond donors (Lipinski definition) is 1. The van der Waals surface area contributed by atoms with Gasteiger partial charge < -0.3 is 0 Å². The number of halogens is 2. The molecule has 0 bridgehead atoms. The molecule has 48 valence electrons. The van der Waals surface area contributed by atoms with E-state index in [-0.39, 0.29) is 12.4 Å². The summed E-state index contributed by atoms with van der Waals surface area (Å²) in [5, 5.41) is 0. The van der Waals surface area contributed by atoms with Crippen molar-refractivity contribution in [3.8, 4) is 0 Å². The van der Waals surface area contributed by atoms with Gasteiger partial charge in [0.15, 0.2) is 0 Å². The van der Waals surface area contributed by atoms with E-state index in [9.17, 15) is 4.39 Å². The van der Waals surface area contributed by atoms with Gasteiger partial charge in [-0.25, -0.2) is 8.73 Å². The fourth-order valence-electron chi connectivity index (χ4n) is 0.357. The van der Waals surface area contributed by atoms with Gasteiger partial charge in [0.05, 0.1) is 6.54 Å². The average molecular weight is 182 g/mol. The summed E-state index contributed by atoms with van der Waals surface area (Å²) in [6, 6.07) is 0. The first kappa shape index (κ1) is 8.11. The first-order chi connectivity index (χ1) is 3.81. The van der Waals surface area contributed by atoms with Gasteiger partial charge in [-0.2, -0.15) is 0 Å². The number of rotatable bonds is 3. The highest BCUT2D eigenvalue weighted by molar-refractivity contribution is 9.08. The average Bonchev–Trinajstić information content (AvgIpc) is 1.68. The molecule has 0 aliphatic carbocycles. The predicted molar refractivity (Wildman–Crippen MR) is 36.4 cm³/mol. The molecule has 0 aromatic carbocycles. The molecule has 0 radical (unpaired) electrons. The fourth-order valence-corrected chi connectivity index (χ4v) is 0.625. The quantitative estimate of drug-likeness (QED) is 0.659. The number of hydrogen-bond acceptors (Lipinski definition) is 1. The van der Waals surface area contributed by atoms with E-state index < -0.39 is 0 Å². The molecule has 0 fully saturated rings. The highest BCUT2D eigenvalue weighted by Gasteiger charge is 1.87. The van der Waals surface area contributed by atoms with Crippen LogP contribution in [0.4, 0.5) is 4.39 Å². The predicted octanol–water partition coefficient (Wildman–Crippen LogP) is 2.15. The Kier molecular flexibility index (Phi) is 5.32. The Labute approximate surface area is 57.3 Å². The Bertz CT molecular complexity index is 82.5. The molecule has 0 unspecified atom stereocenters. The summed E-state index contributed by atoms with van der Waals surface area (Å²) in [4.78, 5) is 0. The van der Waals surface area contributed by atoms with Gasteiger partial charge in [-0.05, 0) is 6.42 Å². The molecule has 1 nitrogen and oxygen atoms in total. The van der Waals surface area contributed by atoms with E-state index in [1.54, 1.807) is 0 Å². The minimum absolute atomic E-state index is 0.121. The summed E-state index contributed by atoms with van der Waals surface area (Å²) in [5.74, 6) is -0.121. The lowest BCUT2D eigenvalue weighted by Crippen LogP contribution is -1.99. The van der Waals surface area contributed by atoms with Crippen LogP contribution in [-0.4, -0.2) is 6.54 Å². The number of nitrogens with one attached hydrogen (secondary N) is 1. The van der Waals surface area contributed by atoms with E-state index in [1.807, 2.05) is 6.92 Å². The highest BCUT2D eigenvalue weighted by Crippen LogP contribution is 1.95. The van der Waals surface area contributed by atoms with Crippen molar-refractivity contribution in [1.29, 1.82) is 0 Å². The van der Waals surface area contributed by atoms with Gasteiger partial charge in [0, 0.05) is 16.1 Å². The standard InChI is InChI=1S/C5H9BrFN/c1-2-3-5(7)4-8-6/h3,8H,2,4H2,1H3/b5-3+. The van der Waals surface area contributed by atoms with Crippen LogP contribution in [0.5, 0.6) is 0 Å². The maximum atomic E-state index is 12.2. The van der Waals surface area contributed by atoms with Crippen molar-refractivity contribution in [3.05, 3.63) is 11.9 Å². The zero-order valence-electron chi connectivity index (χ0n) is 4.75. The van der Waals surface area contributed by atoms with Crippen LogP contribution in [0.2, 0.25) is 0 Å². The van der Waals surface area contributed by atoms with Gasteiger partial charge in [0.25, 0.3) is 0 Å². The maximum Gasteiger partial charge on any atom is 0.111 e. The largest absolute Gasteiger partial charge is 0.249 e. The molecule has 0 aliphatic rings. The van der Waals surface area contributed by atoms with E-state index in [2.05, 4.69) is 20.5 Å². The summed E-state index contributed by atoms with van der Waals surface area (Å²) in [6.45, 7) is 2.17. The van der Waals surface area contributed by atoms with Gasteiger partial charge in [-0.3, -0.25) is 0 Å². The summed E-state index contributed by atoms with van der Waals surface area (Å²) in [7, 11) is 0. The van der Waals surface area contributed by atoms with Crippen molar-refractivity contribution in [2.75, 3.05) is 6.54 Å². The van der Waals surface area contributed by atoms with Crippen LogP contribution in [-0.2, 0) is 0 Å². The second-order valence-corrected chi connectivity index (χ2v) is 1.93. The first-order valence-electron chi connectivity index (χ1n) is 2.49. The van der Waals surface area contributed by atoms with E-state index >= 15 is 0 Å². The van der Waals surface area contributed by atoms with Gasteiger partial charge in [0.1, 0.15) is 5.83 Å². The van der Waals surface area contributed by atoms with Crippen LogP contribution in [0.1, 0.15) is 13.3 Å². The Morgan fingerprint density at radius 1 is 1.88 bits per heavy atom. The topological polar surface area (TPSA) is 12.0 Å². The van der Waals surface area contributed by atoms with E-state index in [4.69, 9.17) is 0 Å². The first-order valence-corrected chi connectivity index (χ1v) is 3.28. The molecule has 0 saturated carbocycles. The van der Waals surface area contributed by atoms with Crippen LogP contribution in [0.15, 0.2) is 11.9 Å².